The molecule has 0 radical (unpaired) electrons. The number of hydrogen-bond donors (Lipinski definition) is 0. The number of hydrogen-bond acceptors (Lipinski definition) is 6. The molecule has 10 heteroatoms. The number of nitro benzene ring substituents is 2. The second-order valence-electron chi connectivity index (χ2n) is 6.26. The van der Waals surface area contributed by atoms with Crippen molar-refractivity contribution < 1.29 is 19.4 Å². The lowest BCUT2D eigenvalue weighted by Crippen LogP contribution is -2.11. The summed E-state index contributed by atoms with van der Waals surface area (Å²) in [5, 5.41) is 21.7. The maximum atomic E-state index is 12.2. The zero-order valence-corrected chi connectivity index (χ0v) is 14.8. The average molecular weight is 389 g/mol. The van der Waals surface area contributed by atoms with Crippen LogP contribution in [-0.2, 0) is 16.1 Å². The maximum absolute atomic E-state index is 12.2. The Morgan fingerprint density at radius 2 is 1.72 bits per heavy atom. The summed E-state index contributed by atoms with van der Waals surface area (Å²) in [6.07, 6.45) is 1.56. The van der Waals surface area contributed by atoms with Crippen molar-refractivity contribution in [2.24, 2.45) is 17.3 Å². The number of nitro groups is 2. The van der Waals surface area contributed by atoms with Crippen molar-refractivity contribution in [2.75, 3.05) is 0 Å². The maximum Gasteiger partial charge on any atom is 0.310 e. The second-order valence-corrected chi connectivity index (χ2v) is 7.27. The molecule has 0 aromatic heterocycles. The number of nitrogens with zero attached hydrogens (tertiary/aromatic N) is 2. The highest BCUT2D eigenvalue weighted by Crippen LogP contribution is 2.60. The van der Waals surface area contributed by atoms with Crippen LogP contribution in [0.1, 0.15) is 19.4 Å². The topological polar surface area (TPSA) is 113 Å². The number of rotatable bonds is 6. The van der Waals surface area contributed by atoms with Crippen LogP contribution >= 0.6 is 23.2 Å². The third-order valence-corrected chi connectivity index (χ3v) is 4.49. The zero-order chi connectivity index (χ0) is 18.9. The Morgan fingerprint density at radius 1 is 1.20 bits per heavy atom. The molecule has 1 fully saturated rings. The summed E-state index contributed by atoms with van der Waals surface area (Å²) in [5.74, 6) is -1.15. The molecule has 2 atom stereocenters. The van der Waals surface area contributed by atoms with Crippen molar-refractivity contribution in [1.29, 1.82) is 0 Å². The number of allylic oxidation sites excluding steroid dienone is 1. The van der Waals surface area contributed by atoms with Gasteiger partial charge in [0, 0.05) is 17.7 Å². The fourth-order valence-electron chi connectivity index (χ4n) is 2.77. The molecule has 0 N–H and O–H groups in total. The largest absolute Gasteiger partial charge is 0.461 e. The van der Waals surface area contributed by atoms with Crippen molar-refractivity contribution in [2.45, 2.75) is 20.5 Å². The molecule has 0 spiro atoms. The Morgan fingerprint density at radius 3 is 2.16 bits per heavy atom. The quantitative estimate of drug-likeness (QED) is 0.411. The van der Waals surface area contributed by atoms with E-state index in [0.29, 0.717) is 0 Å². The first-order valence-electron chi connectivity index (χ1n) is 7.16. The van der Waals surface area contributed by atoms with Gasteiger partial charge in [-0.05, 0) is 17.4 Å². The predicted octanol–water partition coefficient (Wildman–Crippen LogP) is 4.14. The number of ether oxygens (including phenoxy) is 1. The van der Waals surface area contributed by atoms with Crippen LogP contribution in [0.3, 0.4) is 0 Å². The highest BCUT2D eigenvalue weighted by atomic mass is 35.5. The Kier molecular flexibility index (Phi) is 5.34. The molecule has 1 aromatic rings. The first-order chi connectivity index (χ1) is 11.5. The smallest absolute Gasteiger partial charge is 0.310 e. The molecule has 134 valence electrons. The van der Waals surface area contributed by atoms with Crippen molar-refractivity contribution in [1.82, 2.24) is 0 Å². The van der Waals surface area contributed by atoms with Gasteiger partial charge >= 0.3 is 5.97 Å². The monoisotopic (exact) mass is 388 g/mol. The van der Waals surface area contributed by atoms with E-state index in [0.717, 1.165) is 18.2 Å². The highest BCUT2D eigenvalue weighted by molar-refractivity contribution is 6.55. The first kappa shape index (κ1) is 19.1. The minimum Gasteiger partial charge on any atom is -0.461 e. The standard InChI is InChI=1S/C15H14Cl2N2O6/c1-15(2)11(6-12(16)17)13(15)14(20)25-7-8-3-9(18(21)22)5-10(4-8)19(23)24/h3-6,11,13H,7H2,1-2H3. The first-order valence-corrected chi connectivity index (χ1v) is 7.92. The minimum absolute atomic E-state index is 0.0580. The summed E-state index contributed by atoms with van der Waals surface area (Å²) in [4.78, 5) is 32.4. The van der Waals surface area contributed by atoms with Gasteiger partial charge in [0.25, 0.3) is 11.4 Å². The van der Waals surface area contributed by atoms with E-state index in [-0.39, 0.29) is 28.0 Å². The van der Waals surface area contributed by atoms with Gasteiger partial charge in [0.1, 0.15) is 11.1 Å². The van der Waals surface area contributed by atoms with Gasteiger partial charge in [0.05, 0.1) is 21.8 Å². The van der Waals surface area contributed by atoms with E-state index in [2.05, 4.69) is 0 Å². The van der Waals surface area contributed by atoms with Gasteiger partial charge in [-0.25, -0.2) is 0 Å². The van der Waals surface area contributed by atoms with Crippen LogP contribution in [-0.4, -0.2) is 15.8 Å². The van der Waals surface area contributed by atoms with Gasteiger partial charge in [-0.1, -0.05) is 37.0 Å². The lowest BCUT2D eigenvalue weighted by molar-refractivity contribution is -0.394. The van der Waals surface area contributed by atoms with Crippen LogP contribution in [0.2, 0.25) is 0 Å². The Labute approximate surface area is 152 Å². The SMILES string of the molecule is CC1(C)C(C=C(Cl)Cl)C1C(=O)OCc1cc([N+](=O)[O-])cc([N+](=O)[O-])c1. The van der Waals surface area contributed by atoms with Gasteiger partial charge in [0.2, 0.25) is 0 Å². The van der Waals surface area contributed by atoms with E-state index in [9.17, 15) is 25.0 Å². The van der Waals surface area contributed by atoms with Crippen LogP contribution < -0.4 is 0 Å². The Bertz CT molecular complexity index is 741. The fourth-order valence-corrected chi connectivity index (χ4v) is 3.04. The van der Waals surface area contributed by atoms with Crippen molar-refractivity contribution in [3.63, 3.8) is 0 Å². The van der Waals surface area contributed by atoms with Crippen molar-refractivity contribution in [3.8, 4) is 0 Å². The summed E-state index contributed by atoms with van der Waals surface area (Å²) in [7, 11) is 0. The number of carbonyl (C=O) groups is 1. The average Bonchev–Trinajstić information content (AvgIpc) is 3.04. The third kappa shape index (κ3) is 4.26. The van der Waals surface area contributed by atoms with Crippen molar-refractivity contribution >= 4 is 40.5 Å². The molecule has 2 rings (SSSR count). The number of esters is 1. The highest BCUT2D eigenvalue weighted by Gasteiger charge is 2.61. The number of non-ortho nitro benzene ring substituents is 2. The van der Waals surface area contributed by atoms with Crippen LogP contribution in [0.15, 0.2) is 28.8 Å². The molecule has 0 saturated heterocycles. The van der Waals surface area contributed by atoms with Gasteiger partial charge in [-0.3, -0.25) is 25.0 Å². The predicted molar refractivity (Wildman–Crippen MR) is 90.1 cm³/mol. The molecule has 0 aliphatic heterocycles. The molecular formula is C15H14Cl2N2O6. The fraction of sp³-hybridized carbons (Fsp3) is 0.400. The van der Waals surface area contributed by atoms with Crippen LogP contribution in [0, 0.1) is 37.5 Å². The number of halogens is 2. The van der Waals surface area contributed by atoms with Gasteiger partial charge in [-0.15, -0.1) is 0 Å². The molecular weight excluding hydrogens is 375 g/mol. The molecule has 0 amide bonds. The molecule has 0 bridgehead atoms. The van der Waals surface area contributed by atoms with Crippen LogP contribution in [0.25, 0.3) is 0 Å². The molecule has 1 aromatic carbocycles. The van der Waals surface area contributed by atoms with Crippen LogP contribution in [0.5, 0.6) is 0 Å². The lowest BCUT2D eigenvalue weighted by Gasteiger charge is -2.06. The number of benzene rings is 1. The molecule has 1 saturated carbocycles. The number of carbonyl (C=O) groups excluding carboxylic acids is 1. The lowest BCUT2D eigenvalue weighted by atomic mass is 10.1. The molecule has 2 unspecified atom stereocenters. The van der Waals surface area contributed by atoms with E-state index >= 15 is 0 Å². The molecule has 0 heterocycles. The zero-order valence-electron chi connectivity index (χ0n) is 13.3. The normalized spacial score (nSPS) is 20.5. The van der Waals surface area contributed by atoms with E-state index in [4.69, 9.17) is 27.9 Å². The van der Waals surface area contributed by atoms with Gasteiger partial charge in [0.15, 0.2) is 0 Å². The van der Waals surface area contributed by atoms with E-state index in [1.165, 1.54) is 0 Å². The van der Waals surface area contributed by atoms with Gasteiger partial charge in [-0.2, -0.15) is 0 Å². The molecule has 25 heavy (non-hydrogen) atoms. The molecule has 1 aliphatic carbocycles. The van der Waals surface area contributed by atoms with E-state index < -0.39 is 33.1 Å². The Hall–Kier alpha value is -2.19. The summed E-state index contributed by atoms with van der Waals surface area (Å²) >= 11 is 11.2. The second kappa shape index (κ2) is 6.97. The summed E-state index contributed by atoms with van der Waals surface area (Å²) in [6.45, 7) is 3.41. The van der Waals surface area contributed by atoms with E-state index in [1.807, 2.05) is 13.8 Å². The van der Waals surface area contributed by atoms with E-state index in [1.54, 1.807) is 6.08 Å². The molecule has 1 aliphatic rings. The molecule has 8 nitrogen and oxygen atoms in total. The minimum atomic E-state index is -0.744. The summed E-state index contributed by atoms with van der Waals surface area (Å²) in [5.41, 5.74) is -1.10. The van der Waals surface area contributed by atoms with Gasteiger partial charge < -0.3 is 4.74 Å². The summed E-state index contributed by atoms with van der Waals surface area (Å²) < 4.78 is 5.23. The third-order valence-electron chi connectivity index (χ3n) is 4.24. The Balaban J connectivity index is 2.11. The summed E-state index contributed by atoms with van der Waals surface area (Å²) in [6, 6.07) is 3.11. The van der Waals surface area contributed by atoms with Crippen molar-refractivity contribution in [3.05, 3.63) is 54.6 Å². The van der Waals surface area contributed by atoms with Crippen LogP contribution in [0.4, 0.5) is 11.4 Å².